The fourth-order valence-electron chi connectivity index (χ4n) is 6.63. The Morgan fingerprint density at radius 3 is 2.17 bits per heavy atom. The first-order valence-corrected chi connectivity index (χ1v) is 16.8. The van der Waals surface area contributed by atoms with Crippen molar-refractivity contribution in [2.24, 2.45) is 0 Å². The maximum Gasteiger partial charge on any atom is 0.231 e. The molecular weight excluding hydrogens is 534 g/mol. The first-order chi connectivity index (χ1) is 19.7. The van der Waals surface area contributed by atoms with Gasteiger partial charge in [-0.3, -0.25) is 4.79 Å². The minimum absolute atomic E-state index is 0.0322. The standard InChI is InChI=1S/C33H41N3O4S/c1-24-7-13-28(29(23-24)36-17-4-3-5-18-36)31(30-14-8-25(2)40-30)34-32(37)33(15-6-16-33)26-9-11-27(12-10-26)35-19-21-41(38,39)22-20-35/h7-14,23,31H,3-6,15-22H2,1-2H3,(H,34,37). The molecule has 7 nitrogen and oxygen atoms in total. The Morgan fingerprint density at radius 1 is 0.854 bits per heavy atom. The second-order valence-electron chi connectivity index (χ2n) is 12.1. The first-order valence-electron chi connectivity index (χ1n) is 15.0. The molecule has 41 heavy (non-hydrogen) atoms. The number of amides is 1. The molecule has 0 spiro atoms. The van der Waals surface area contributed by atoms with Gasteiger partial charge in [-0.05, 0) is 87.4 Å². The van der Waals surface area contributed by atoms with E-state index in [1.54, 1.807) is 0 Å². The van der Waals surface area contributed by atoms with E-state index in [0.717, 1.165) is 60.7 Å². The third-order valence-corrected chi connectivity index (χ3v) is 10.9. The summed E-state index contributed by atoms with van der Waals surface area (Å²) in [6.07, 6.45) is 6.22. The number of piperidine rings is 1. The highest BCUT2D eigenvalue weighted by Crippen LogP contribution is 2.45. The van der Waals surface area contributed by atoms with Crippen molar-refractivity contribution in [2.45, 2.75) is 63.8 Å². The van der Waals surface area contributed by atoms with Gasteiger partial charge in [-0.1, -0.05) is 30.7 Å². The lowest BCUT2D eigenvalue weighted by atomic mass is 9.63. The number of hydrogen-bond acceptors (Lipinski definition) is 6. The molecule has 3 aliphatic rings. The molecule has 1 amide bonds. The minimum Gasteiger partial charge on any atom is -0.464 e. The molecule has 218 valence electrons. The van der Waals surface area contributed by atoms with Crippen molar-refractivity contribution in [1.29, 1.82) is 0 Å². The number of rotatable bonds is 7. The van der Waals surface area contributed by atoms with Gasteiger partial charge >= 0.3 is 0 Å². The average Bonchev–Trinajstić information content (AvgIpc) is 3.38. The van der Waals surface area contributed by atoms with Crippen LogP contribution in [0.25, 0.3) is 0 Å². The van der Waals surface area contributed by atoms with E-state index in [-0.39, 0.29) is 23.5 Å². The summed E-state index contributed by atoms with van der Waals surface area (Å²) in [4.78, 5) is 18.9. The van der Waals surface area contributed by atoms with Crippen LogP contribution >= 0.6 is 0 Å². The average molecular weight is 576 g/mol. The van der Waals surface area contributed by atoms with E-state index in [2.05, 4.69) is 52.4 Å². The highest BCUT2D eigenvalue weighted by Gasteiger charge is 2.46. The number of aryl methyl sites for hydroxylation is 2. The van der Waals surface area contributed by atoms with Crippen molar-refractivity contribution in [3.63, 3.8) is 0 Å². The van der Waals surface area contributed by atoms with Crippen LogP contribution in [0.5, 0.6) is 0 Å². The number of benzene rings is 2. The Hall–Kier alpha value is -3.26. The van der Waals surface area contributed by atoms with E-state index in [4.69, 9.17) is 4.42 Å². The third kappa shape index (κ3) is 5.63. The van der Waals surface area contributed by atoms with Crippen molar-refractivity contribution in [3.05, 3.63) is 82.8 Å². The molecule has 0 radical (unpaired) electrons. The zero-order valence-electron chi connectivity index (χ0n) is 24.2. The van der Waals surface area contributed by atoms with Crippen LogP contribution in [-0.4, -0.2) is 52.0 Å². The van der Waals surface area contributed by atoms with Gasteiger partial charge in [0.15, 0.2) is 9.84 Å². The topological polar surface area (TPSA) is 82.9 Å². The Labute approximate surface area is 243 Å². The summed E-state index contributed by atoms with van der Waals surface area (Å²) in [5.74, 6) is 1.98. The number of hydrogen-bond donors (Lipinski definition) is 1. The minimum atomic E-state index is -2.94. The first kappa shape index (κ1) is 27.9. The van der Waals surface area contributed by atoms with Crippen LogP contribution in [0.1, 0.15) is 72.8 Å². The van der Waals surface area contributed by atoms with E-state index < -0.39 is 15.3 Å². The lowest BCUT2D eigenvalue weighted by Crippen LogP contribution is -2.50. The lowest BCUT2D eigenvalue weighted by Gasteiger charge is -2.42. The fourth-order valence-corrected chi connectivity index (χ4v) is 7.83. The molecule has 1 N–H and O–H groups in total. The molecule has 1 aliphatic carbocycles. The van der Waals surface area contributed by atoms with Crippen molar-refractivity contribution in [3.8, 4) is 0 Å². The fraction of sp³-hybridized carbons (Fsp3) is 0.485. The van der Waals surface area contributed by atoms with Crippen LogP contribution < -0.4 is 15.1 Å². The molecular formula is C33H41N3O4S. The van der Waals surface area contributed by atoms with Gasteiger partial charge in [0.2, 0.25) is 5.91 Å². The van der Waals surface area contributed by atoms with Gasteiger partial charge in [0, 0.05) is 43.1 Å². The summed E-state index contributed by atoms with van der Waals surface area (Å²) in [5.41, 5.74) is 4.90. The third-order valence-electron chi connectivity index (χ3n) is 9.29. The van der Waals surface area contributed by atoms with Crippen LogP contribution in [0.3, 0.4) is 0 Å². The Bertz CT molecular complexity index is 1490. The van der Waals surface area contributed by atoms with Gasteiger partial charge in [0.25, 0.3) is 0 Å². The largest absolute Gasteiger partial charge is 0.464 e. The molecule has 2 aliphatic heterocycles. The van der Waals surface area contributed by atoms with Gasteiger partial charge in [-0.2, -0.15) is 0 Å². The predicted molar refractivity (Wildman–Crippen MR) is 164 cm³/mol. The van der Waals surface area contributed by atoms with Gasteiger partial charge in [0.1, 0.15) is 17.6 Å². The Kier molecular flexibility index (Phi) is 7.62. The van der Waals surface area contributed by atoms with Crippen molar-refractivity contribution in [2.75, 3.05) is 47.5 Å². The maximum atomic E-state index is 14.3. The number of anilines is 2. The number of nitrogens with zero attached hydrogens (tertiary/aromatic N) is 2. The van der Waals surface area contributed by atoms with Crippen LogP contribution in [0.4, 0.5) is 11.4 Å². The molecule has 2 aromatic carbocycles. The SMILES string of the molecule is Cc1ccc(C(NC(=O)C2(c3ccc(N4CCS(=O)(=O)CC4)cc3)CCC2)c2ccc(C)o2)c(N2CCCCC2)c1. The summed E-state index contributed by atoms with van der Waals surface area (Å²) in [6, 6.07) is 18.3. The van der Waals surface area contributed by atoms with E-state index in [0.29, 0.717) is 13.1 Å². The molecule has 6 rings (SSSR count). The van der Waals surface area contributed by atoms with Crippen LogP contribution in [0.15, 0.2) is 59.0 Å². The molecule has 3 aromatic rings. The quantitative estimate of drug-likeness (QED) is 0.404. The van der Waals surface area contributed by atoms with Gasteiger partial charge in [-0.15, -0.1) is 0 Å². The molecule has 1 unspecified atom stereocenters. The van der Waals surface area contributed by atoms with Crippen LogP contribution in [-0.2, 0) is 20.0 Å². The zero-order chi connectivity index (χ0) is 28.6. The number of furan rings is 1. The van der Waals surface area contributed by atoms with Gasteiger partial charge < -0.3 is 19.5 Å². The number of carbonyl (C=O) groups is 1. The molecule has 2 saturated heterocycles. The summed E-state index contributed by atoms with van der Waals surface area (Å²) in [7, 11) is -2.94. The van der Waals surface area contributed by atoms with Crippen LogP contribution in [0.2, 0.25) is 0 Å². The summed E-state index contributed by atoms with van der Waals surface area (Å²) in [5, 5.41) is 3.45. The molecule has 3 heterocycles. The molecule has 0 bridgehead atoms. The van der Waals surface area contributed by atoms with Crippen molar-refractivity contribution >= 4 is 27.1 Å². The van der Waals surface area contributed by atoms with Gasteiger partial charge in [0.05, 0.1) is 16.9 Å². The van der Waals surface area contributed by atoms with Gasteiger partial charge in [-0.25, -0.2) is 8.42 Å². The van der Waals surface area contributed by atoms with E-state index in [9.17, 15) is 13.2 Å². The zero-order valence-corrected chi connectivity index (χ0v) is 25.0. The van der Waals surface area contributed by atoms with Crippen LogP contribution in [0, 0.1) is 13.8 Å². The molecule has 3 fully saturated rings. The molecule has 1 atom stereocenters. The molecule has 1 aromatic heterocycles. The second-order valence-corrected chi connectivity index (χ2v) is 14.4. The number of nitrogens with one attached hydrogen (secondary N) is 1. The highest BCUT2D eigenvalue weighted by atomic mass is 32.2. The smallest absolute Gasteiger partial charge is 0.231 e. The molecule has 1 saturated carbocycles. The second kappa shape index (κ2) is 11.2. The normalized spacial score (nSPS) is 20.7. The lowest BCUT2D eigenvalue weighted by molar-refractivity contribution is -0.130. The summed E-state index contributed by atoms with van der Waals surface area (Å²) < 4.78 is 29.9. The molecule has 8 heteroatoms. The van der Waals surface area contributed by atoms with Crippen molar-refractivity contribution in [1.82, 2.24) is 5.32 Å². The monoisotopic (exact) mass is 575 g/mol. The summed E-state index contributed by atoms with van der Waals surface area (Å²) in [6.45, 7) is 7.12. The predicted octanol–water partition coefficient (Wildman–Crippen LogP) is 5.45. The maximum absolute atomic E-state index is 14.3. The Morgan fingerprint density at radius 2 is 1.56 bits per heavy atom. The van der Waals surface area contributed by atoms with E-state index in [1.165, 1.54) is 30.5 Å². The number of sulfone groups is 1. The Balaban J connectivity index is 1.29. The summed E-state index contributed by atoms with van der Waals surface area (Å²) >= 11 is 0. The van der Waals surface area contributed by atoms with E-state index >= 15 is 0 Å². The van der Waals surface area contributed by atoms with E-state index in [1.807, 2.05) is 31.2 Å². The van der Waals surface area contributed by atoms with Crippen molar-refractivity contribution < 1.29 is 17.6 Å². The highest BCUT2D eigenvalue weighted by molar-refractivity contribution is 7.91. The number of carbonyl (C=O) groups excluding carboxylic acids is 1.